The Kier molecular flexibility index (Phi) is 30.1. The zero-order valence-corrected chi connectivity index (χ0v) is 45.9. The monoisotopic (exact) mass is 1090 g/mol. The maximum atomic E-state index is 14.4. The van der Waals surface area contributed by atoms with Gasteiger partial charge in [0.1, 0.15) is 48.3 Å². The maximum absolute atomic E-state index is 14.4. The molecule has 26 heteroatoms. The quantitative estimate of drug-likeness (QED) is 0.0195. The Hall–Kier alpha value is -7.38. The molecule has 0 bridgehead atoms. The number of primary amides is 2. The molecule has 26 nitrogen and oxygen atoms in total. The van der Waals surface area contributed by atoms with Crippen LogP contribution in [0.4, 0.5) is 0 Å². The summed E-state index contributed by atoms with van der Waals surface area (Å²) in [6.07, 6.45) is -1.07. The number of nitrogens with zero attached hydrogens (tertiary/aromatic N) is 1. The van der Waals surface area contributed by atoms with Crippen LogP contribution in [0.15, 0.2) is 35.3 Å². The number of nitrogens with one attached hydrogen (secondary N) is 8. The van der Waals surface area contributed by atoms with Crippen LogP contribution in [-0.4, -0.2) is 137 Å². The Morgan fingerprint density at radius 1 is 0.481 bits per heavy atom. The molecule has 1 aromatic carbocycles. The highest BCUT2D eigenvalue weighted by Gasteiger charge is 2.35. The lowest BCUT2D eigenvalue weighted by molar-refractivity contribution is -0.143. The first-order valence-corrected chi connectivity index (χ1v) is 26.0. The third kappa shape index (κ3) is 27.3. The number of aliphatic imine (C=N–C) groups is 1. The van der Waals surface area contributed by atoms with Gasteiger partial charge in [-0.15, -0.1) is 0 Å². The number of nitrogens with two attached hydrogens (primary N) is 5. The zero-order valence-electron chi connectivity index (χ0n) is 45.9. The molecule has 0 fully saturated rings. The van der Waals surface area contributed by atoms with E-state index in [4.69, 9.17) is 28.7 Å². The van der Waals surface area contributed by atoms with Gasteiger partial charge in [-0.1, -0.05) is 85.7 Å². The van der Waals surface area contributed by atoms with Gasteiger partial charge < -0.3 is 76.3 Å². The second-order valence-electron chi connectivity index (χ2n) is 20.8. The Bertz CT molecular complexity index is 2190. The molecule has 9 atom stereocenters. The number of benzene rings is 1. The summed E-state index contributed by atoms with van der Waals surface area (Å²) < 4.78 is 0. The minimum Gasteiger partial charge on any atom is -0.480 e. The van der Waals surface area contributed by atoms with Crippen LogP contribution in [0, 0.1) is 23.7 Å². The number of hydrogen-bond donors (Lipinski definition) is 14. The average molecular weight is 1090 g/mol. The van der Waals surface area contributed by atoms with E-state index in [0.717, 1.165) is 0 Å². The molecule has 0 saturated heterocycles. The fraction of sp³-hybridized carbons (Fsp3) is 0.647. The van der Waals surface area contributed by atoms with E-state index >= 15 is 0 Å². The number of hydrogen-bond acceptors (Lipinski definition) is 13. The van der Waals surface area contributed by atoms with Gasteiger partial charge in [0, 0.05) is 25.8 Å². The van der Waals surface area contributed by atoms with Gasteiger partial charge in [-0.05, 0) is 81.1 Å². The molecule has 0 aliphatic rings. The van der Waals surface area contributed by atoms with E-state index in [1.807, 2.05) is 41.5 Å². The number of carboxylic acid groups (broad SMARTS) is 1. The van der Waals surface area contributed by atoms with Crippen molar-refractivity contribution in [1.82, 2.24) is 42.5 Å². The number of aliphatic carboxylic acids is 1. The summed E-state index contributed by atoms with van der Waals surface area (Å²) in [5, 5.41) is 30.2. The predicted octanol–water partition coefficient (Wildman–Crippen LogP) is -2.08. The van der Waals surface area contributed by atoms with Gasteiger partial charge in [-0.2, -0.15) is 0 Å². The molecule has 0 saturated carbocycles. The van der Waals surface area contributed by atoms with Gasteiger partial charge in [-0.25, -0.2) is 4.79 Å². The highest BCUT2D eigenvalue weighted by atomic mass is 16.4. The van der Waals surface area contributed by atoms with Crippen LogP contribution in [0.2, 0.25) is 0 Å². The Balaban J connectivity index is 3.56. The highest BCUT2D eigenvalue weighted by Crippen LogP contribution is 2.13. The number of guanidine groups is 1. The number of amides is 10. The van der Waals surface area contributed by atoms with E-state index in [0.29, 0.717) is 12.0 Å². The molecule has 0 spiro atoms. The molecule has 0 unspecified atom stereocenters. The molecule has 10 amide bonds. The molecule has 0 aliphatic heterocycles. The van der Waals surface area contributed by atoms with Crippen LogP contribution in [0.5, 0.6) is 0 Å². The van der Waals surface area contributed by atoms with E-state index in [9.17, 15) is 57.8 Å². The lowest BCUT2D eigenvalue weighted by Gasteiger charge is -2.28. The molecule has 0 aromatic heterocycles. The molecule has 432 valence electrons. The van der Waals surface area contributed by atoms with Crippen molar-refractivity contribution in [3.05, 3.63) is 35.9 Å². The number of carbonyl (C=O) groups excluding carboxylic acids is 10. The predicted molar refractivity (Wildman–Crippen MR) is 287 cm³/mol. The molecule has 77 heavy (non-hydrogen) atoms. The summed E-state index contributed by atoms with van der Waals surface area (Å²) in [5.74, 6) is -10.6. The van der Waals surface area contributed by atoms with Crippen molar-refractivity contribution in [3.8, 4) is 0 Å². The highest BCUT2D eigenvalue weighted by molar-refractivity contribution is 5.98. The fourth-order valence-corrected chi connectivity index (χ4v) is 7.77. The van der Waals surface area contributed by atoms with E-state index < -0.39 is 151 Å². The van der Waals surface area contributed by atoms with Crippen molar-refractivity contribution in [2.75, 3.05) is 6.54 Å². The molecular formula is C51H86N14O12. The number of carbonyl (C=O) groups is 11. The third-order valence-electron chi connectivity index (χ3n) is 11.8. The van der Waals surface area contributed by atoms with Crippen LogP contribution in [0.3, 0.4) is 0 Å². The molecule has 19 N–H and O–H groups in total. The van der Waals surface area contributed by atoms with E-state index in [2.05, 4.69) is 47.5 Å². The van der Waals surface area contributed by atoms with E-state index in [1.54, 1.807) is 44.2 Å². The minimum atomic E-state index is -1.61. The van der Waals surface area contributed by atoms with Crippen LogP contribution in [0.1, 0.15) is 126 Å². The Morgan fingerprint density at radius 2 is 0.870 bits per heavy atom. The van der Waals surface area contributed by atoms with Gasteiger partial charge in [-0.3, -0.25) is 52.9 Å². The number of carboxylic acids is 1. The van der Waals surface area contributed by atoms with E-state index in [-0.39, 0.29) is 62.4 Å². The summed E-state index contributed by atoms with van der Waals surface area (Å²) in [6, 6.07) is -3.34. The van der Waals surface area contributed by atoms with Gasteiger partial charge in [0.25, 0.3) is 0 Å². The topological polar surface area (TPSA) is 447 Å². The first-order chi connectivity index (χ1) is 35.9. The van der Waals surface area contributed by atoms with Crippen molar-refractivity contribution in [2.45, 2.75) is 181 Å². The van der Waals surface area contributed by atoms with Crippen LogP contribution in [0.25, 0.3) is 0 Å². The smallest absolute Gasteiger partial charge is 0.326 e. The lowest BCUT2D eigenvalue weighted by Crippen LogP contribution is -2.60. The number of rotatable bonds is 36. The van der Waals surface area contributed by atoms with Gasteiger partial charge in [0.2, 0.25) is 59.1 Å². The summed E-state index contributed by atoms with van der Waals surface area (Å²) in [5.41, 5.74) is 28.4. The molecule has 1 aromatic rings. The van der Waals surface area contributed by atoms with Crippen molar-refractivity contribution < 1.29 is 57.8 Å². The van der Waals surface area contributed by atoms with Gasteiger partial charge in [0.15, 0.2) is 5.96 Å². The summed E-state index contributed by atoms with van der Waals surface area (Å²) in [7, 11) is 0. The SMILES string of the molecule is CC(C)C[C@H](NC(=O)[C@H](CC(C)C)NC(=O)[C@@H](N)CC(C)C)C(=O)N[C@@H](Cc1ccccc1)C(=O)N[C@@H](CCC(N)=O)C(=O)N[C@@H](CCC(N)=O)C(=O)N[C@@H](C)C(=O)N[C@@H](CCCN=C(N)N)C(=O)N[C@H](C(=O)O)C(C)C. The average Bonchev–Trinajstić information content (AvgIpc) is 3.32. The van der Waals surface area contributed by atoms with Crippen LogP contribution < -0.4 is 71.2 Å². The van der Waals surface area contributed by atoms with E-state index in [1.165, 1.54) is 6.92 Å². The minimum absolute atomic E-state index is 0.0567. The van der Waals surface area contributed by atoms with Crippen molar-refractivity contribution in [3.63, 3.8) is 0 Å². The lowest BCUT2D eigenvalue weighted by atomic mass is 9.98. The normalized spacial score (nSPS) is 14.7. The van der Waals surface area contributed by atoms with Crippen molar-refractivity contribution in [1.29, 1.82) is 0 Å². The van der Waals surface area contributed by atoms with Gasteiger partial charge in [0.05, 0.1) is 6.04 Å². The Labute approximate surface area is 450 Å². The second-order valence-corrected chi connectivity index (χ2v) is 20.8. The molecular weight excluding hydrogens is 1000 g/mol. The van der Waals surface area contributed by atoms with Crippen molar-refractivity contribution >= 4 is 71.0 Å². The van der Waals surface area contributed by atoms with Crippen LogP contribution >= 0.6 is 0 Å². The molecule has 0 heterocycles. The standard InChI is InChI=1S/C51H86N14O12/c1-26(2)22-32(52)43(69)62-36(23-27(3)4)47(73)63-37(24-28(5)6)48(74)64-38(25-31-14-11-10-12-15-31)49(75)61-35(18-20-40(54)67)45(71)60-34(17-19-39(53)66)44(70)58-30(9)42(68)59-33(16-13-21-57-51(55)56)46(72)65-41(29(7)8)50(76)77/h10-12,14-15,26-30,32-38,41H,13,16-25,52H2,1-9H3,(H2,53,66)(H2,54,67)(H,58,70)(H,59,68)(H,60,71)(H,61,75)(H,62,69)(H,63,73)(H,64,74)(H,65,72)(H,76,77)(H4,55,56,57)/t30-,32-,33-,34-,35-,36-,37-,38-,41-/m0/s1. The fourth-order valence-electron chi connectivity index (χ4n) is 7.77. The molecule has 0 radical (unpaired) electrons. The second kappa shape index (κ2) is 34.3. The van der Waals surface area contributed by atoms with Gasteiger partial charge >= 0.3 is 5.97 Å². The Morgan fingerprint density at radius 3 is 1.31 bits per heavy atom. The summed E-state index contributed by atoms with van der Waals surface area (Å²) in [4.78, 5) is 150. The molecule has 0 aliphatic carbocycles. The first-order valence-electron chi connectivity index (χ1n) is 26.0. The van der Waals surface area contributed by atoms with Crippen molar-refractivity contribution in [2.24, 2.45) is 57.3 Å². The molecule has 1 rings (SSSR count). The zero-order chi connectivity index (χ0) is 58.7. The third-order valence-corrected chi connectivity index (χ3v) is 11.8. The first kappa shape index (κ1) is 67.6. The largest absolute Gasteiger partial charge is 0.480 e. The summed E-state index contributed by atoms with van der Waals surface area (Å²) in [6.45, 7) is 15.6. The maximum Gasteiger partial charge on any atom is 0.326 e. The summed E-state index contributed by atoms with van der Waals surface area (Å²) >= 11 is 0. The van der Waals surface area contributed by atoms with Crippen LogP contribution in [-0.2, 0) is 59.2 Å².